The van der Waals surface area contributed by atoms with Gasteiger partial charge >= 0.3 is 0 Å². The van der Waals surface area contributed by atoms with Crippen molar-refractivity contribution in [3.63, 3.8) is 0 Å². The van der Waals surface area contributed by atoms with Gasteiger partial charge in [-0.15, -0.1) is 0 Å². The molecule has 1 aliphatic rings. The van der Waals surface area contributed by atoms with Gasteiger partial charge in [0.25, 0.3) is 0 Å². The minimum atomic E-state index is 0.340. The lowest BCUT2D eigenvalue weighted by molar-refractivity contribution is 0.324. The Balaban J connectivity index is 1.62. The van der Waals surface area contributed by atoms with Gasteiger partial charge in [0.2, 0.25) is 23.6 Å². The molecule has 0 saturated carbocycles. The first-order valence-corrected chi connectivity index (χ1v) is 12.4. The maximum Gasteiger partial charge on any atom is 0.250 e. The Labute approximate surface area is 218 Å². The third kappa shape index (κ3) is 6.02. The zero-order valence-electron chi connectivity index (χ0n) is 22.3. The standard InChI is InChI=1S/C27H35N7O3/c1-17-12-14-34(15-13-17)27-31-25(29-21-9-7-8-18(2)19(21)3)30-26(32-27)33-28-16-20-10-11-22(35-4)24(37-6)23(20)36-5/h7-11,16-17H,12-15H2,1-6H3,(H2,29,30,31,32,33)/b28-16-. The largest absolute Gasteiger partial charge is 0.493 e. The highest BCUT2D eigenvalue weighted by Crippen LogP contribution is 2.39. The van der Waals surface area contributed by atoms with Crippen LogP contribution in [0.15, 0.2) is 35.4 Å². The maximum atomic E-state index is 5.54. The normalized spacial score (nSPS) is 14.1. The molecule has 1 fully saturated rings. The number of methoxy groups -OCH3 is 3. The SMILES string of the molecule is COc1ccc(/C=N\Nc2nc(Nc3cccc(C)c3C)nc(N3CCC(C)CC3)n2)c(OC)c1OC. The monoisotopic (exact) mass is 505 g/mol. The van der Waals surface area contributed by atoms with Crippen LogP contribution in [-0.2, 0) is 0 Å². The van der Waals surface area contributed by atoms with Crippen molar-refractivity contribution < 1.29 is 14.2 Å². The van der Waals surface area contributed by atoms with Gasteiger partial charge in [-0.25, -0.2) is 5.43 Å². The predicted octanol–water partition coefficient (Wildman–Crippen LogP) is 4.94. The van der Waals surface area contributed by atoms with Crippen LogP contribution < -0.4 is 29.9 Å². The van der Waals surface area contributed by atoms with E-state index in [1.165, 1.54) is 5.56 Å². The van der Waals surface area contributed by atoms with Crippen LogP contribution in [0.25, 0.3) is 0 Å². The molecule has 0 atom stereocenters. The molecule has 2 aromatic carbocycles. The fourth-order valence-corrected chi connectivity index (χ4v) is 4.21. The minimum absolute atomic E-state index is 0.340. The number of aromatic nitrogens is 3. The third-order valence-corrected chi connectivity index (χ3v) is 6.64. The molecule has 196 valence electrons. The van der Waals surface area contributed by atoms with Crippen molar-refractivity contribution in [2.24, 2.45) is 11.0 Å². The molecule has 2 heterocycles. The van der Waals surface area contributed by atoms with Crippen molar-refractivity contribution >= 4 is 29.7 Å². The summed E-state index contributed by atoms with van der Waals surface area (Å²) in [5.41, 5.74) is 6.96. The molecule has 3 aromatic rings. The van der Waals surface area contributed by atoms with E-state index in [4.69, 9.17) is 19.2 Å². The summed E-state index contributed by atoms with van der Waals surface area (Å²) in [6.07, 6.45) is 3.83. The van der Waals surface area contributed by atoms with Gasteiger partial charge in [-0.1, -0.05) is 19.1 Å². The Morgan fingerprint density at radius 2 is 1.65 bits per heavy atom. The van der Waals surface area contributed by atoms with E-state index in [9.17, 15) is 0 Å². The highest BCUT2D eigenvalue weighted by Gasteiger charge is 2.20. The summed E-state index contributed by atoms with van der Waals surface area (Å²) in [6, 6.07) is 9.75. The lowest BCUT2D eigenvalue weighted by Gasteiger charge is -2.30. The Hall–Kier alpha value is -4.08. The van der Waals surface area contributed by atoms with Crippen LogP contribution in [0.2, 0.25) is 0 Å². The molecular weight excluding hydrogens is 470 g/mol. The highest BCUT2D eigenvalue weighted by atomic mass is 16.5. The van der Waals surface area contributed by atoms with Gasteiger partial charge in [0.05, 0.1) is 27.5 Å². The molecule has 0 aliphatic carbocycles. The van der Waals surface area contributed by atoms with Gasteiger partial charge in [-0.05, 0) is 61.9 Å². The van der Waals surface area contributed by atoms with Gasteiger partial charge in [-0.2, -0.15) is 20.1 Å². The summed E-state index contributed by atoms with van der Waals surface area (Å²) in [7, 11) is 4.72. The van der Waals surface area contributed by atoms with Gasteiger partial charge in [-0.3, -0.25) is 0 Å². The van der Waals surface area contributed by atoms with Crippen molar-refractivity contribution in [2.45, 2.75) is 33.6 Å². The number of nitrogens with zero attached hydrogens (tertiary/aromatic N) is 5. The van der Waals surface area contributed by atoms with E-state index in [1.54, 1.807) is 33.6 Å². The Bertz CT molecular complexity index is 1260. The number of rotatable bonds is 9. The first-order chi connectivity index (χ1) is 17.9. The van der Waals surface area contributed by atoms with Gasteiger partial charge in [0.15, 0.2) is 11.5 Å². The number of aryl methyl sites for hydroxylation is 1. The summed E-state index contributed by atoms with van der Waals surface area (Å²) in [5, 5.41) is 7.74. The molecule has 10 nitrogen and oxygen atoms in total. The highest BCUT2D eigenvalue weighted by molar-refractivity contribution is 5.86. The second-order valence-electron chi connectivity index (χ2n) is 9.12. The lowest BCUT2D eigenvalue weighted by Crippen LogP contribution is -2.34. The number of ether oxygens (including phenoxy) is 3. The fraction of sp³-hybridized carbons (Fsp3) is 0.407. The van der Waals surface area contributed by atoms with Crippen molar-refractivity contribution in [1.82, 2.24) is 15.0 Å². The summed E-state index contributed by atoms with van der Waals surface area (Å²) < 4.78 is 16.4. The van der Waals surface area contributed by atoms with Crippen molar-refractivity contribution in [3.8, 4) is 17.2 Å². The molecule has 1 aromatic heterocycles. The van der Waals surface area contributed by atoms with Crippen molar-refractivity contribution in [2.75, 3.05) is 50.1 Å². The van der Waals surface area contributed by atoms with Gasteiger partial charge < -0.3 is 24.4 Å². The maximum absolute atomic E-state index is 5.54. The number of benzene rings is 2. The smallest absolute Gasteiger partial charge is 0.250 e. The molecule has 0 unspecified atom stereocenters. The second-order valence-corrected chi connectivity index (χ2v) is 9.12. The van der Waals surface area contributed by atoms with Crippen molar-refractivity contribution in [1.29, 1.82) is 0 Å². The lowest BCUT2D eigenvalue weighted by atomic mass is 10.00. The minimum Gasteiger partial charge on any atom is -0.493 e. The van der Waals surface area contributed by atoms with E-state index >= 15 is 0 Å². The molecular formula is C27H35N7O3. The molecule has 0 bridgehead atoms. The Morgan fingerprint density at radius 3 is 2.35 bits per heavy atom. The van der Waals surface area contributed by atoms with E-state index in [0.29, 0.717) is 46.6 Å². The van der Waals surface area contributed by atoms with Crippen LogP contribution in [0, 0.1) is 19.8 Å². The van der Waals surface area contributed by atoms with Gasteiger partial charge in [0.1, 0.15) is 0 Å². The van der Waals surface area contributed by atoms with Crippen LogP contribution in [-0.4, -0.2) is 55.6 Å². The Kier molecular flexibility index (Phi) is 8.27. The zero-order valence-corrected chi connectivity index (χ0v) is 22.3. The average molecular weight is 506 g/mol. The van der Waals surface area contributed by atoms with E-state index in [2.05, 4.69) is 57.5 Å². The summed E-state index contributed by atoms with van der Waals surface area (Å²) in [5.74, 6) is 3.70. The van der Waals surface area contributed by atoms with Crippen LogP contribution in [0.3, 0.4) is 0 Å². The molecule has 1 aliphatic heterocycles. The summed E-state index contributed by atoms with van der Waals surface area (Å²) in [6.45, 7) is 8.24. The van der Waals surface area contributed by atoms with Gasteiger partial charge in [0, 0.05) is 24.3 Å². The van der Waals surface area contributed by atoms with E-state index in [-0.39, 0.29) is 0 Å². The van der Waals surface area contributed by atoms with E-state index < -0.39 is 0 Å². The topological polar surface area (TPSA) is 106 Å². The average Bonchev–Trinajstić information content (AvgIpc) is 2.91. The Morgan fingerprint density at radius 1 is 0.919 bits per heavy atom. The summed E-state index contributed by atoms with van der Waals surface area (Å²) >= 11 is 0. The van der Waals surface area contributed by atoms with Crippen LogP contribution in [0.5, 0.6) is 17.2 Å². The number of hydrogen-bond donors (Lipinski definition) is 2. The fourth-order valence-electron chi connectivity index (χ4n) is 4.21. The third-order valence-electron chi connectivity index (χ3n) is 6.64. The van der Waals surface area contributed by atoms with Crippen LogP contribution in [0.1, 0.15) is 36.5 Å². The van der Waals surface area contributed by atoms with Crippen molar-refractivity contribution in [3.05, 3.63) is 47.0 Å². The van der Waals surface area contributed by atoms with Crippen LogP contribution >= 0.6 is 0 Å². The quantitative estimate of drug-likeness (QED) is 0.309. The number of nitrogens with one attached hydrogen (secondary N) is 2. The second kappa shape index (κ2) is 11.8. The molecule has 0 amide bonds. The predicted molar refractivity (Wildman–Crippen MR) is 147 cm³/mol. The van der Waals surface area contributed by atoms with E-state index in [0.717, 1.165) is 37.2 Å². The summed E-state index contributed by atoms with van der Waals surface area (Å²) in [4.78, 5) is 16.2. The molecule has 0 radical (unpaired) electrons. The number of anilines is 4. The zero-order chi connectivity index (χ0) is 26.4. The number of hydrazone groups is 1. The molecule has 2 N–H and O–H groups in total. The molecule has 0 spiro atoms. The van der Waals surface area contributed by atoms with Crippen LogP contribution in [0.4, 0.5) is 23.5 Å². The number of hydrogen-bond acceptors (Lipinski definition) is 10. The first-order valence-electron chi connectivity index (χ1n) is 12.4. The molecule has 10 heteroatoms. The first kappa shape index (κ1) is 26.0. The molecule has 1 saturated heterocycles. The molecule has 4 rings (SSSR count). The van der Waals surface area contributed by atoms with E-state index in [1.807, 2.05) is 18.2 Å². The number of piperidine rings is 1. The molecule has 37 heavy (non-hydrogen) atoms.